The number of hydrogen-bond donors (Lipinski definition) is 2. The van der Waals surface area contributed by atoms with Gasteiger partial charge in [-0.25, -0.2) is 8.42 Å². The maximum Gasteiger partial charge on any atom is 0.191 e. The highest BCUT2D eigenvalue weighted by Crippen LogP contribution is 2.20. The molecular weight excluding hydrogens is 382 g/mol. The molecule has 1 aromatic carbocycles. The van der Waals surface area contributed by atoms with E-state index in [1.165, 1.54) is 6.26 Å². The van der Waals surface area contributed by atoms with Crippen LogP contribution in [-0.4, -0.2) is 73.5 Å². The number of hydrogen-bond acceptors (Lipinski definition) is 6. The van der Waals surface area contributed by atoms with Crippen molar-refractivity contribution in [1.29, 1.82) is 0 Å². The molecule has 2 N–H and O–H groups in total. The lowest BCUT2D eigenvalue weighted by Gasteiger charge is -2.15. The van der Waals surface area contributed by atoms with E-state index in [0.717, 1.165) is 23.3 Å². The number of guanidine groups is 1. The Morgan fingerprint density at radius 1 is 1.14 bits per heavy atom. The standard InChI is InChI=1S/C19H33N3O5S/c1-16-6-7-17(18(14-16)27-10-5-9-25-3)15-22-19(20-2)21-8-11-26-12-13-28(4,23)24/h6-7,14H,5,8-13,15H2,1-4H3,(H2,20,21,22). The number of sulfone groups is 1. The van der Waals surface area contributed by atoms with Crippen molar-refractivity contribution in [3.63, 3.8) is 0 Å². The van der Waals surface area contributed by atoms with E-state index < -0.39 is 9.84 Å². The van der Waals surface area contributed by atoms with E-state index in [4.69, 9.17) is 14.2 Å². The second kappa shape index (κ2) is 13.4. The molecule has 160 valence electrons. The Balaban J connectivity index is 2.41. The van der Waals surface area contributed by atoms with Crippen molar-refractivity contribution in [3.05, 3.63) is 29.3 Å². The van der Waals surface area contributed by atoms with Gasteiger partial charge in [0.2, 0.25) is 0 Å². The number of aryl methyl sites for hydroxylation is 1. The Kier molecular flexibility index (Phi) is 11.5. The predicted octanol–water partition coefficient (Wildman–Crippen LogP) is 1.14. The maximum absolute atomic E-state index is 11.0. The quantitative estimate of drug-likeness (QED) is 0.283. The highest BCUT2D eigenvalue weighted by atomic mass is 32.2. The van der Waals surface area contributed by atoms with Crippen LogP contribution in [0.2, 0.25) is 0 Å². The van der Waals surface area contributed by atoms with Gasteiger partial charge in [0.05, 0.1) is 25.6 Å². The average Bonchev–Trinajstić information content (AvgIpc) is 2.64. The Hall–Kier alpha value is -1.84. The van der Waals surface area contributed by atoms with Crippen LogP contribution in [0, 0.1) is 6.92 Å². The van der Waals surface area contributed by atoms with Gasteiger partial charge < -0.3 is 24.8 Å². The Labute approximate surface area is 168 Å². The van der Waals surface area contributed by atoms with Gasteiger partial charge in [0.1, 0.15) is 15.6 Å². The first kappa shape index (κ1) is 24.2. The lowest BCUT2D eigenvalue weighted by atomic mass is 10.1. The minimum Gasteiger partial charge on any atom is -0.493 e. The fourth-order valence-electron chi connectivity index (χ4n) is 2.28. The first-order chi connectivity index (χ1) is 13.4. The Morgan fingerprint density at radius 3 is 2.61 bits per heavy atom. The number of methoxy groups -OCH3 is 1. The average molecular weight is 416 g/mol. The zero-order valence-corrected chi connectivity index (χ0v) is 18.1. The molecule has 0 atom stereocenters. The molecule has 0 amide bonds. The van der Waals surface area contributed by atoms with E-state index in [2.05, 4.69) is 15.6 Å². The Morgan fingerprint density at radius 2 is 1.93 bits per heavy atom. The summed E-state index contributed by atoms with van der Waals surface area (Å²) >= 11 is 0. The van der Waals surface area contributed by atoms with E-state index in [-0.39, 0.29) is 12.4 Å². The topological polar surface area (TPSA) is 98.3 Å². The molecule has 28 heavy (non-hydrogen) atoms. The molecule has 0 aliphatic rings. The monoisotopic (exact) mass is 415 g/mol. The van der Waals surface area contributed by atoms with Crippen LogP contribution in [0.5, 0.6) is 5.75 Å². The summed E-state index contributed by atoms with van der Waals surface area (Å²) in [5.41, 5.74) is 2.18. The van der Waals surface area contributed by atoms with E-state index in [1.807, 2.05) is 25.1 Å². The van der Waals surface area contributed by atoms with Crippen LogP contribution in [0.1, 0.15) is 17.5 Å². The predicted molar refractivity (Wildman–Crippen MR) is 112 cm³/mol. The first-order valence-electron chi connectivity index (χ1n) is 9.27. The number of ether oxygens (including phenoxy) is 3. The molecule has 8 nitrogen and oxygen atoms in total. The molecule has 0 aliphatic carbocycles. The fourth-order valence-corrected chi connectivity index (χ4v) is 2.70. The third-order valence-corrected chi connectivity index (χ3v) is 4.69. The molecule has 9 heteroatoms. The van der Waals surface area contributed by atoms with Crippen molar-refractivity contribution in [2.75, 3.05) is 59.1 Å². The number of aliphatic imine (C=N–C) groups is 1. The van der Waals surface area contributed by atoms with Gasteiger partial charge in [0, 0.05) is 52.1 Å². The van der Waals surface area contributed by atoms with Crippen molar-refractivity contribution in [1.82, 2.24) is 10.6 Å². The summed E-state index contributed by atoms with van der Waals surface area (Å²) in [7, 11) is 0.380. The van der Waals surface area contributed by atoms with E-state index >= 15 is 0 Å². The highest BCUT2D eigenvalue weighted by molar-refractivity contribution is 7.90. The van der Waals surface area contributed by atoms with Crippen LogP contribution in [0.3, 0.4) is 0 Å². The summed E-state index contributed by atoms with van der Waals surface area (Å²) in [5, 5.41) is 6.38. The van der Waals surface area contributed by atoms with Gasteiger partial charge in [-0.15, -0.1) is 0 Å². The fraction of sp³-hybridized carbons (Fsp3) is 0.632. The van der Waals surface area contributed by atoms with Crippen LogP contribution in [0.15, 0.2) is 23.2 Å². The molecule has 0 heterocycles. The summed E-state index contributed by atoms with van der Waals surface area (Å²) in [4.78, 5) is 4.18. The SMILES string of the molecule is CN=C(NCCOCCS(C)(=O)=O)NCc1ccc(C)cc1OCCCOC. The van der Waals surface area contributed by atoms with E-state index in [9.17, 15) is 8.42 Å². The number of nitrogens with zero attached hydrogens (tertiary/aromatic N) is 1. The van der Waals surface area contributed by atoms with Crippen molar-refractivity contribution in [2.45, 2.75) is 19.9 Å². The molecule has 1 aromatic rings. The van der Waals surface area contributed by atoms with E-state index in [0.29, 0.717) is 38.9 Å². The molecule has 0 bridgehead atoms. The number of nitrogens with one attached hydrogen (secondary N) is 2. The van der Waals surface area contributed by atoms with Gasteiger partial charge in [0.15, 0.2) is 5.96 Å². The summed E-state index contributed by atoms with van der Waals surface area (Å²) in [5.74, 6) is 1.52. The van der Waals surface area contributed by atoms with Crippen LogP contribution in [-0.2, 0) is 25.9 Å². The zero-order valence-electron chi connectivity index (χ0n) is 17.3. The van der Waals surface area contributed by atoms with Crippen LogP contribution >= 0.6 is 0 Å². The van der Waals surface area contributed by atoms with E-state index in [1.54, 1.807) is 14.2 Å². The molecule has 0 aromatic heterocycles. The summed E-state index contributed by atoms with van der Waals surface area (Å²) in [6.07, 6.45) is 2.03. The highest BCUT2D eigenvalue weighted by Gasteiger charge is 2.06. The van der Waals surface area contributed by atoms with Gasteiger partial charge in [-0.1, -0.05) is 12.1 Å². The van der Waals surface area contributed by atoms with Crippen LogP contribution < -0.4 is 15.4 Å². The molecule has 0 radical (unpaired) electrons. The van der Waals surface area contributed by atoms with Gasteiger partial charge >= 0.3 is 0 Å². The van der Waals surface area contributed by atoms with Crippen molar-refractivity contribution >= 4 is 15.8 Å². The second-order valence-electron chi connectivity index (χ2n) is 6.40. The third-order valence-electron chi connectivity index (χ3n) is 3.78. The molecule has 0 unspecified atom stereocenters. The number of benzene rings is 1. The largest absolute Gasteiger partial charge is 0.493 e. The Bertz CT molecular complexity index is 708. The molecule has 0 fully saturated rings. The molecule has 0 saturated carbocycles. The summed E-state index contributed by atoms with van der Waals surface area (Å²) < 4.78 is 38.3. The van der Waals surface area contributed by atoms with Gasteiger partial charge in [-0.05, 0) is 18.6 Å². The zero-order chi connectivity index (χ0) is 20.8. The third kappa shape index (κ3) is 11.1. The summed E-state index contributed by atoms with van der Waals surface area (Å²) in [6.45, 7) is 4.98. The summed E-state index contributed by atoms with van der Waals surface area (Å²) in [6, 6.07) is 6.11. The van der Waals surface area contributed by atoms with Gasteiger partial charge in [-0.3, -0.25) is 4.99 Å². The minimum atomic E-state index is -2.99. The normalized spacial score (nSPS) is 12.1. The molecule has 0 spiro atoms. The van der Waals surface area contributed by atoms with Gasteiger partial charge in [0.25, 0.3) is 0 Å². The van der Waals surface area contributed by atoms with Crippen molar-refractivity contribution < 1.29 is 22.6 Å². The molecule has 0 aliphatic heterocycles. The van der Waals surface area contributed by atoms with Crippen LogP contribution in [0.4, 0.5) is 0 Å². The molecule has 1 rings (SSSR count). The number of rotatable bonds is 13. The lowest BCUT2D eigenvalue weighted by Crippen LogP contribution is -2.38. The molecular formula is C19H33N3O5S. The molecule has 0 saturated heterocycles. The maximum atomic E-state index is 11.0. The van der Waals surface area contributed by atoms with Crippen LogP contribution in [0.25, 0.3) is 0 Å². The smallest absolute Gasteiger partial charge is 0.191 e. The van der Waals surface area contributed by atoms with Gasteiger partial charge in [-0.2, -0.15) is 0 Å². The van der Waals surface area contributed by atoms with Crippen molar-refractivity contribution in [2.24, 2.45) is 4.99 Å². The minimum absolute atomic E-state index is 0.0283. The second-order valence-corrected chi connectivity index (χ2v) is 8.66. The first-order valence-corrected chi connectivity index (χ1v) is 11.3. The van der Waals surface area contributed by atoms with Crippen molar-refractivity contribution in [3.8, 4) is 5.75 Å². The lowest BCUT2D eigenvalue weighted by molar-refractivity contribution is 0.154.